The standard InChI is InChI=1S/C20H32N2/c1-3-4-5-6-7-8-9-10-11-12-16-19-21-18-15-13-14-17(2)20(18)22-19/h13-15H,3-12,16H2,1-2H3,(H,21,22). The van der Waals surface area contributed by atoms with E-state index in [0.717, 1.165) is 17.8 Å². The molecule has 2 aromatic rings. The molecule has 2 nitrogen and oxygen atoms in total. The van der Waals surface area contributed by atoms with Crippen molar-refractivity contribution in [2.75, 3.05) is 0 Å². The van der Waals surface area contributed by atoms with Crippen LogP contribution in [-0.2, 0) is 6.42 Å². The van der Waals surface area contributed by atoms with Crippen molar-refractivity contribution in [3.63, 3.8) is 0 Å². The maximum Gasteiger partial charge on any atom is 0.107 e. The summed E-state index contributed by atoms with van der Waals surface area (Å²) in [6.07, 6.45) is 15.0. The summed E-state index contributed by atoms with van der Waals surface area (Å²) in [6.45, 7) is 4.41. The minimum Gasteiger partial charge on any atom is -0.342 e. The maximum atomic E-state index is 4.73. The molecule has 2 heteroatoms. The number of nitrogens with one attached hydrogen (secondary N) is 1. The van der Waals surface area contributed by atoms with E-state index in [1.165, 1.54) is 75.3 Å². The number of H-pyrrole nitrogens is 1. The normalized spacial score (nSPS) is 11.4. The van der Waals surface area contributed by atoms with E-state index in [0.29, 0.717) is 0 Å². The quantitative estimate of drug-likeness (QED) is 0.482. The zero-order chi connectivity index (χ0) is 15.6. The number of hydrogen-bond donors (Lipinski definition) is 1. The zero-order valence-electron chi connectivity index (χ0n) is 14.5. The highest BCUT2D eigenvalue weighted by Crippen LogP contribution is 2.17. The maximum absolute atomic E-state index is 4.73. The van der Waals surface area contributed by atoms with Crippen LogP contribution >= 0.6 is 0 Å². The van der Waals surface area contributed by atoms with E-state index in [1.807, 2.05) is 0 Å². The average molecular weight is 300 g/mol. The van der Waals surface area contributed by atoms with E-state index in [9.17, 15) is 0 Å². The van der Waals surface area contributed by atoms with Gasteiger partial charge in [0.1, 0.15) is 5.82 Å². The molecule has 0 saturated carbocycles. The van der Waals surface area contributed by atoms with Crippen LogP contribution in [0.1, 0.15) is 82.5 Å². The fourth-order valence-corrected chi connectivity index (χ4v) is 3.12. The molecule has 0 bridgehead atoms. The second-order valence-corrected chi connectivity index (χ2v) is 6.59. The number of aromatic nitrogens is 2. The van der Waals surface area contributed by atoms with E-state index in [4.69, 9.17) is 4.98 Å². The smallest absolute Gasteiger partial charge is 0.107 e. The van der Waals surface area contributed by atoms with Crippen LogP contribution in [0.5, 0.6) is 0 Å². The second-order valence-electron chi connectivity index (χ2n) is 6.59. The highest BCUT2D eigenvalue weighted by atomic mass is 14.9. The predicted molar refractivity (Wildman–Crippen MR) is 96.4 cm³/mol. The van der Waals surface area contributed by atoms with Crippen molar-refractivity contribution in [3.8, 4) is 0 Å². The molecule has 0 fully saturated rings. The minimum atomic E-state index is 1.09. The Labute approximate surface area is 135 Å². The number of unbranched alkanes of at least 4 members (excludes halogenated alkanes) is 9. The number of benzene rings is 1. The molecule has 0 atom stereocenters. The first-order valence-corrected chi connectivity index (χ1v) is 9.25. The van der Waals surface area contributed by atoms with Gasteiger partial charge in [-0.15, -0.1) is 0 Å². The Morgan fingerprint density at radius 3 is 2.14 bits per heavy atom. The third-order valence-corrected chi connectivity index (χ3v) is 4.53. The number of rotatable bonds is 11. The van der Waals surface area contributed by atoms with Crippen molar-refractivity contribution in [1.82, 2.24) is 9.97 Å². The Morgan fingerprint density at radius 1 is 0.864 bits per heavy atom. The summed E-state index contributed by atoms with van der Waals surface area (Å²) in [5.74, 6) is 1.16. The molecule has 122 valence electrons. The molecule has 1 heterocycles. The van der Waals surface area contributed by atoms with Gasteiger partial charge < -0.3 is 4.98 Å². The summed E-state index contributed by atoms with van der Waals surface area (Å²) < 4.78 is 0. The Morgan fingerprint density at radius 2 is 1.50 bits per heavy atom. The molecule has 0 spiro atoms. The molecule has 1 aromatic heterocycles. The van der Waals surface area contributed by atoms with Crippen LogP contribution in [0.2, 0.25) is 0 Å². The number of imidazole rings is 1. The van der Waals surface area contributed by atoms with Crippen molar-refractivity contribution in [2.24, 2.45) is 0 Å². The average Bonchev–Trinajstić information content (AvgIpc) is 2.94. The van der Waals surface area contributed by atoms with Gasteiger partial charge in [0.25, 0.3) is 0 Å². The molecule has 0 saturated heterocycles. The van der Waals surface area contributed by atoms with E-state index in [1.54, 1.807) is 0 Å². The highest BCUT2D eigenvalue weighted by Gasteiger charge is 2.04. The summed E-state index contributed by atoms with van der Waals surface area (Å²) in [5, 5.41) is 0. The van der Waals surface area contributed by atoms with Gasteiger partial charge in [0, 0.05) is 6.42 Å². The second kappa shape index (κ2) is 9.66. The number of hydrogen-bond acceptors (Lipinski definition) is 1. The number of fused-ring (bicyclic) bond motifs is 1. The van der Waals surface area contributed by atoms with Crippen LogP contribution in [0, 0.1) is 6.92 Å². The van der Waals surface area contributed by atoms with Gasteiger partial charge >= 0.3 is 0 Å². The number of aromatic amines is 1. The summed E-state index contributed by atoms with van der Waals surface area (Å²) in [4.78, 5) is 8.19. The van der Waals surface area contributed by atoms with E-state index >= 15 is 0 Å². The first kappa shape index (κ1) is 17.1. The molecule has 0 aliphatic heterocycles. The largest absolute Gasteiger partial charge is 0.342 e. The molecule has 0 unspecified atom stereocenters. The highest BCUT2D eigenvalue weighted by molar-refractivity contribution is 5.78. The van der Waals surface area contributed by atoms with Crippen LogP contribution in [0.3, 0.4) is 0 Å². The van der Waals surface area contributed by atoms with Crippen LogP contribution in [0.15, 0.2) is 18.2 Å². The summed E-state index contributed by atoms with van der Waals surface area (Å²) in [7, 11) is 0. The molecule has 0 radical (unpaired) electrons. The number of para-hydroxylation sites is 1. The first-order valence-electron chi connectivity index (χ1n) is 9.25. The molecular weight excluding hydrogens is 268 g/mol. The van der Waals surface area contributed by atoms with Crippen molar-refractivity contribution in [1.29, 1.82) is 0 Å². The molecule has 0 aliphatic rings. The van der Waals surface area contributed by atoms with Crippen molar-refractivity contribution in [3.05, 3.63) is 29.6 Å². The lowest BCUT2D eigenvalue weighted by Crippen LogP contribution is -1.89. The Balaban J connectivity index is 1.56. The lowest BCUT2D eigenvalue weighted by atomic mass is 10.1. The molecule has 22 heavy (non-hydrogen) atoms. The molecule has 2 rings (SSSR count). The molecular formula is C20H32N2. The van der Waals surface area contributed by atoms with E-state index < -0.39 is 0 Å². The van der Waals surface area contributed by atoms with E-state index in [2.05, 4.69) is 37.0 Å². The van der Waals surface area contributed by atoms with Crippen molar-refractivity contribution < 1.29 is 0 Å². The summed E-state index contributed by atoms with van der Waals surface area (Å²) >= 11 is 0. The zero-order valence-corrected chi connectivity index (χ0v) is 14.5. The van der Waals surface area contributed by atoms with Crippen LogP contribution in [0.25, 0.3) is 11.0 Å². The third-order valence-electron chi connectivity index (χ3n) is 4.53. The van der Waals surface area contributed by atoms with Crippen LogP contribution < -0.4 is 0 Å². The number of nitrogens with zero attached hydrogens (tertiary/aromatic N) is 1. The monoisotopic (exact) mass is 300 g/mol. The van der Waals surface area contributed by atoms with Gasteiger partial charge in [-0.05, 0) is 25.0 Å². The summed E-state index contributed by atoms with van der Waals surface area (Å²) in [6, 6.07) is 6.35. The van der Waals surface area contributed by atoms with Crippen LogP contribution in [0.4, 0.5) is 0 Å². The molecule has 1 N–H and O–H groups in total. The lowest BCUT2D eigenvalue weighted by molar-refractivity contribution is 0.554. The predicted octanol–water partition coefficient (Wildman–Crippen LogP) is 6.33. The van der Waals surface area contributed by atoms with Crippen LogP contribution in [-0.4, -0.2) is 9.97 Å². The SMILES string of the molecule is CCCCCCCCCCCCc1nc2c(C)cccc2[nH]1. The number of aryl methyl sites for hydroxylation is 2. The van der Waals surface area contributed by atoms with Gasteiger partial charge in [-0.25, -0.2) is 4.98 Å². The summed E-state index contributed by atoms with van der Waals surface area (Å²) in [5.41, 5.74) is 3.59. The minimum absolute atomic E-state index is 1.09. The van der Waals surface area contributed by atoms with E-state index in [-0.39, 0.29) is 0 Å². The molecule has 0 amide bonds. The Kier molecular flexibility index (Phi) is 7.48. The fourth-order valence-electron chi connectivity index (χ4n) is 3.12. The van der Waals surface area contributed by atoms with Gasteiger partial charge in [-0.3, -0.25) is 0 Å². The first-order chi connectivity index (χ1) is 10.8. The lowest BCUT2D eigenvalue weighted by Gasteiger charge is -2.01. The molecule has 1 aromatic carbocycles. The Hall–Kier alpha value is -1.31. The molecule has 0 aliphatic carbocycles. The topological polar surface area (TPSA) is 28.7 Å². The van der Waals surface area contributed by atoms with Gasteiger partial charge in [0.05, 0.1) is 11.0 Å². The Bertz CT molecular complexity index is 542. The van der Waals surface area contributed by atoms with Crippen molar-refractivity contribution >= 4 is 11.0 Å². The van der Waals surface area contributed by atoms with Crippen molar-refractivity contribution in [2.45, 2.75) is 84.5 Å². The van der Waals surface area contributed by atoms with Gasteiger partial charge in [-0.1, -0.05) is 76.8 Å². The fraction of sp³-hybridized carbons (Fsp3) is 0.650. The van der Waals surface area contributed by atoms with Gasteiger partial charge in [-0.2, -0.15) is 0 Å². The third kappa shape index (κ3) is 5.47. The van der Waals surface area contributed by atoms with Gasteiger partial charge in [0.2, 0.25) is 0 Å². The van der Waals surface area contributed by atoms with Gasteiger partial charge in [0.15, 0.2) is 0 Å².